The fourth-order valence-corrected chi connectivity index (χ4v) is 3.38. The van der Waals surface area contributed by atoms with E-state index in [-0.39, 0.29) is 0 Å². The van der Waals surface area contributed by atoms with Crippen LogP contribution in [-0.4, -0.2) is 55.2 Å². The van der Waals surface area contributed by atoms with E-state index in [4.69, 9.17) is 16.3 Å². The van der Waals surface area contributed by atoms with E-state index in [0.717, 1.165) is 50.2 Å². The zero-order valence-corrected chi connectivity index (χ0v) is 13.3. The first kappa shape index (κ1) is 15.3. The Morgan fingerprint density at radius 2 is 1.89 bits per heavy atom. The summed E-state index contributed by atoms with van der Waals surface area (Å²) >= 11 is 7.65. The van der Waals surface area contributed by atoms with Crippen molar-refractivity contribution in [3.05, 3.63) is 21.3 Å². The Hall–Kier alpha value is -0.130. The van der Waals surface area contributed by atoms with Crippen molar-refractivity contribution in [3.8, 4) is 0 Å². The average molecular weight is 303 g/mol. The Bertz CT molecular complexity index is 375. The molecule has 1 fully saturated rings. The van der Waals surface area contributed by atoms with Crippen LogP contribution in [0.5, 0.6) is 0 Å². The lowest BCUT2D eigenvalue weighted by molar-refractivity contribution is 0.0439. The largest absolute Gasteiger partial charge is 0.377 e. The molecule has 0 atom stereocenters. The summed E-state index contributed by atoms with van der Waals surface area (Å²) in [7, 11) is 0. The molecule has 1 aliphatic heterocycles. The van der Waals surface area contributed by atoms with Crippen LogP contribution in [0.1, 0.15) is 18.7 Å². The van der Waals surface area contributed by atoms with Gasteiger partial charge in [-0.15, -0.1) is 11.3 Å². The zero-order valence-electron chi connectivity index (χ0n) is 11.8. The summed E-state index contributed by atoms with van der Waals surface area (Å²) < 4.78 is 6.49. The third-order valence-electron chi connectivity index (χ3n) is 3.33. The molecule has 2 heterocycles. The molecule has 0 unspecified atom stereocenters. The molecule has 19 heavy (non-hydrogen) atoms. The van der Waals surface area contributed by atoms with Crippen LogP contribution >= 0.6 is 22.9 Å². The van der Waals surface area contributed by atoms with Gasteiger partial charge in [-0.25, -0.2) is 0 Å². The van der Waals surface area contributed by atoms with Crippen molar-refractivity contribution in [1.29, 1.82) is 0 Å². The van der Waals surface area contributed by atoms with Crippen molar-refractivity contribution in [2.45, 2.75) is 26.5 Å². The lowest BCUT2D eigenvalue weighted by Crippen LogP contribution is -2.46. The highest BCUT2D eigenvalue weighted by molar-refractivity contribution is 7.16. The number of hydrogen-bond donors (Lipinski definition) is 0. The highest BCUT2D eigenvalue weighted by Crippen LogP contribution is 2.23. The Kier molecular flexibility index (Phi) is 6.10. The fourth-order valence-electron chi connectivity index (χ4n) is 2.25. The Balaban J connectivity index is 1.65. The topological polar surface area (TPSA) is 15.7 Å². The molecule has 3 nitrogen and oxygen atoms in total. The van der Waals surface area contributed by atoms with Crippen LogP contribution in [0.2, 0.25) is 4.34 Å². The molecule has 0 spiro atoms. The van der Waals surface area contributed by atoms with E-state index in [1.165, 1.54) is 4.88 Å². The number of halogens is 1. The molecule has 1 aromatic rings. The lowest BCUT2D eigenvalue weighted by Gasteiger charge is -2.34. The van der Waals surface area contributed by atoms with Crippen LogP contribution in [0.25, 0.3) is 0 Å². The highest BCUT2D eigenvalue weighted by atomic mass is 35.5. The molecule has 0 N–H and O–H groups in total. The molecule has 1 aromatic heterocycles. The normalized spacial score (nSPS) is 18.3. The van der Waals surface area contributed by atoms with Gasteiger partial charge in [0, 0.05) is 44.1 Å². The van der Waals surface area contributed by atoms with Gasteiger partial charge in [0.05, 0.1) is 17.0 Å². The van der Waals surface area contributed by atoms with Crippen LogP contribution in [0.15, 0.2) is 12.1 Å². The number of hydrogen-bond acceptors (Lipinski definition) is 4. The summed E-state index contributed by atoms with van der Waals surface area (Å²) in [6.45, 7) is 11.7. The van der Waals surface area contributed by atoms with Crippen LogP contribution in [0, 0.1) is 0 Å². The summed E-state index contributed by atoms with van der Waals surface area (Å²) in [4.78, 5) is 6.35. The van der Waals surface area contributed by atoms with E-state index in [1.807, 2.05) is 6.07 Å². The third kappa shape index (κ3) is 5.40. The minimum atomic E-state index is 0.338. The van der Waals surface area contributed by atoms with E-state index >= 15 is 0 Å². The molecule has 1 saturated heterocycles. The van der Waals surface area contributed by atoms with Gasteiger partial charge in [0.2, 0.25) is 0 Å². The first-order chi connectivity index (χ1) is 9.13. The zero-order chi connectivity index (χ0) is 13.7. The summed E-state index contributed by atoms with van der Waals surface area (Å²) in [6.07, 6.45) is 0.338. The van der Waals surface area contributed by atoms with Crippen molar-refractivity contribution in [3.63, 3.8) is 0 Å². The molecule has 1 aliphatic rings. The summed E-state index contributed by atoms with van der Waals surface area (Å²) in [5.41, 5.74) is 0. The molecule has 2 rings (SSSR count). The second kappa shape index (κ2) is 7.60. The maximum atomic E-state index is 5.96. The molecule has 108 valence electrons. The smallest absolute Gasteiger partial charge is 0.0931 e. The highest BCUT2D eigenvalue weighted by Gasteiger charge is 2.17. The number of piperazine rings is 1. The van der Waals surface area contributed by atoms with Gasteiger partial charge in [-0.2, -0.15) is 0 Å². The molecule has 0 aliphatic carbocycles. The van der Waals surface area contributed by atoms with E-state index in [1.54, 1.807) is 11.3 Å². The van der Waals surface area contributed by atoms with Gasteiger partial charge < -0.3 is 4.74 Å². The third-order valence-corrected chi connectivity index (χ3v) is 4.55. The number of thiophene rings is 1. The summed E-state index contributed by atoms with van der Waals surface area (Å²) in [6, 6.07) is 4.12. The Labute approximate surface area is 125 Å². The van der Waals surface area contributed by atoms with Gasteiger partial charge in [-0.1, -0.05) is 11.6 Å². The van der Waals surface area contributed by atoms with Crippen molar-refractivity contribution in [1.82, 2.24) is 9.80 Å². The minimum Gasteiger partial charge on any atom is -0.377 e. The summed E-state index contributed by atoms with van der Waals surface area (Å²) in [5.74, 6) is 0. The standard InChI is InChI=1S/C14H23ClN2OS/c1-12(2)18-10-9-16-5-7-17(8-6-16)11-13-3-4-14(15)19-13/h3-4,12H,5-11H2,1-2H3. The predicted octanol–water partition coefficient (Wildman–Crippen LogP) is 2.94. The van der Waals surface area contributed by atoms with Crippen molar-refractivity contribution >= 4 is 22.9 Å². The van der Waals surface area contributed by atoms with Gasteiger partial charge in [0.1, 0.15) is 0 Å². The van der Waals surface area contributed by atoms with E-state index in [0.29, 0.717) is 6.10 Å². The second-order valence-electron chi connectivity index (χ2n) is 5.24. The number of nitrogens with zero attached hydrogens (tertiary/aromatic N) is 2. The molecular formula is C14H23ClN2OS. The predicted molar refractivity (Wildman–Crippen MR) is 82.1 cm³/mol. The van der Waals surface area contributed by atoms with Crippen LogP contribution in [-0.2, 0) is 11.3 Å². The molecule has 0 amide bonds. The Morgan fingerprint density at radius 3 is 2.47 bits per heavy atom. The van der Waals surface area contributed by atoms with Gasteiger partial charge in [-0.3, -0.25) is 9.80 Å². The van der Waals surface area contributed by atoms with E-state index in [9.17, 15) is 0 Å². The van der Waals surface area contributed by atoms with E-state index < -0.39 is 0 Å². The monoisotopic (exact) mass is 302 g/mol. The molecule has 5 heteroatoms. The fraction of sp³-hybridized carbons (Fsp3) is 0.714. The average Bonchev–Trinajstić information content (AvgIpc) is 2.77. The molecule has 0 bridgehead atoms. The maximum absolute atomic E-state index is 5.96. The van der Waals surface area contributed by atoms with Gasteiger partial charge in [0.15, 0.2) is 0 Å². The summed E-state index contributed by atoms with van der Waals surface area (Å²) in [5, 5.41) is 0. The van der Waals surface area contributed by atoms with Crippen LogP contribution in [0.3, 0.4) is 0 Å². The van der Waals surface area contributed by atoms with Gasteiger partial charge in [0.25, 0.3) is 0 Å². The molecular weight excluding hydrogens is 280 g/mol. The Morgan fingerprint density at radius 1 is 1.21 bits per heavy atom. The molecule has 0 aromatic carbocycles. The van der Waals surface area contributed by atoms with Crippen molar-refractivity contribution in [2.24, 2.45) is 0 Å². The second-order valence-corrected chi connectivity index (χ2v) is 7.04. The SMILES string of the molecule is CC(C)OCCN1CCN(Cc2ccc(Cl)s2)CC1. The molecule has 0 saturated carbocycles. The lowest BCUT2D eigenvalue weighted by atomic mass is 10.3. The maximum Gasteiger partial charge on any atom is 0.0931 e. The molecule has 0 radical (unpaired) electrons. The quantitative estimate of drug-likeness (QED) is 0.803. The van der Waals surface area contributed by atoms with Crippen LogP contribution in [0.4, 0.5) is 0 Å². The van der Waals surface area contributed by atoms with Crippen LogP contribution < -0.4 is 0 Å². The van der Waals surface area contributed by atoms with Gasteiger partial charge in [-0.05, 0) is 26.0 Å². The van der Waals surface area contributed by atoms with Crippen molar-refractivity contribution < 1.29 is 4.74 Å². The first-order valence-electron chi connectivity index (χ1n) is 6.94. The first-order valence-corrected chi connectivity index (χ1v) is 8.13. The van der Waals surface area contributed by atoms with E-state index in [2.05, 4.69) is 29.7 Å². The van der Waals surface area contributed by atoms with Crippen molar-refractivity contribution in [2.75, 3.05) is 39.3 Å². The number of rotatable bonds is 6. The van der Waals surface area contributed by atoms with Gasteiger partial charge >= 0.3 is 0 Å². The number of ether oxygens (including phenoxy) is 1. The minimum absolute atomic E-state index is 0.338.